The van der Waals surface area contributed by atoms with Crippen molar-refractivity contribution in [3.05, 3.63) is 28.7 Å². The van der Waals surface area contributed by atoms with Crippen molar-refractivity contribution in [2.75, 3.05) is 0 Å². The van der Waals surface area contributed by atoms with Crippen molar-refractivity contribution >= 4 is 26.2 Å². The molecule has 23 heavy (non-hydrogen) atoms. The van der Waals surface area contributed by atoms with E-state index in [-0.39, 0.29) is 16.6 Å². The van der Waals surface area contributed by atoms with Gasteiger partial charge in [-0.2, -0.15) is 13.6 Å². The predicted molar refractivity (Wildman–Crippen MR) is 86.5 cm³/mol. The summed E-state index contributed by atoms with van der Waals surface area (Å²) in [4.78, 5) is 0.527. The first kappa shape index (κ1) is 16.5. The van der Waals surface area contributed by atoms with Crippen LogP contribution in [0.15, 0.2) is 28.0 Å². The van der Waals surface area contributed by atoms with E-state index in [9.17, 15) is 16.8 Å². The Morgan fingerprint density at radius 1 is 1.17 bits per heavy atom. The molecule has 1 fully saturated rings. The second kappa shape index (κ2) is 5.61. The first-order valence-electron chi connectivity index (χ1n) is 7.50. The SMILES string of the molecule is CC1CCC(C2=Cc3ccc(OS(N)(=O)=O)cc3S2(=O)=O)CC1. The minimum Gasteiger partial charge on any atom is -0.371 e. The van der Waals surface area contributed by atoms with Crippen molar-refractivity contribution in [2.45, 2.75) is 37.5 Å². The minimum atomic E-state index is -4.18. The molecule has 1 aromatic carbocycles. The Balaban J connectivity index is 1.93. The van der Waals surface area contributed by atoms with Gasteiger partial charge in [0.2, 0.25) is 9.84 Å². The molecule has 1 aliphatic heterocycles. The van der Waals surface area contributed by atoms with E-state index < -0.39 is 20.1 Å². The largest absolute Gasteiger partial charge is 0.380 e. The normalized spacial score (nSPS) is 26.4. The summed E-state index contributed by atoms with van der Waals surface area (Å²) < 4.78 is 52.1. The van der Waals surface area contributed by atoms with Crippen LogP contribution in [0, 0.1) is 11.8 Å². The standard InChI is InChI=1S/C15H19NO5S2/c1-10-2-4-11(5-3-10)14-8-12-6-7-13(21-23(16,19)20)9-15(12)22(14,17)18/h6-11H,2-5H2,1H3,(H2,16,19,20). The van der Waals surface area contributed by atoms with E-state index in [1.165, 1.54) is 12.1 Å². The van der Waals surface area contributed by atoms with Gasteiger partial charge in [-0.15, -0.1) is 0 Å². The number of hydrogen-bond acceptors (Lipinski definition) is 5. The quantitative estimate of drug-likeness (QED) is 0.893. The number of sulfone groups is 1. The van der Waals surface area contributed by atoms with E-state index in [0.717, 1.165) is 25.7 Å². The average Bonchev–Trinajstić information content (AvgIpc) is 2.70. The molecule has 1 heterocycles. The molecular weight excluding hydrogens is 338 g/mol. The summed E-state index contributed by atoms with van der Waals surface area (Å²) in [7, 11) is -7.78. The van der Waals surface area contributed by atoms with Gasteiger partial charge in [0.25, 0.3) is 0 Å². The molecule has 0 atom stereocenters. The molecule has 0 unspecified atom stereocenters. The Morgan fingerprint density at radius 3 is 2.43 bits per heavy atom. The van der Waals surface area contributed by atoms with Crippen molar-refractivity contribution < 1.29 is 21.0 Å². The molecule has 0 radical (unpaired) electrons. The van der Waals surface area contributed by atoms with Crippen LogP contribution in [0.5, 0.6) is 5.75 Å². The number of allylic oxidation sites excluding steroid dienone is 1. The summed E-state index contributed by atoms with van der Waals surface area (Å²) in [6.45, 7) is 2.18. The van der Waals surface area contributed by atoms with Crippen LogP contribution in [-0.2, 0) is 20.1 Å². The molecule has 0 bridgehead atoms. The van der Waals surface area contributed by atoms with E-state index >= 15 is 0 Å². The van der Waals surface area contributed by atoms with Gasteiger partial charge in [0.1, 0.15) is 5.75 Å². The van der Waals surface area contributed by atoms with E-state index in [0.29, 0.717) is 16.4 Å². The minimum absolute atomic E-state index is 0.0335. The van der Waals surface area contributed by atoms with Gasteiger partial charge in [0.15, 0.2) is 0 Å². The summed E-state index contributed by atoms with van der Waals surface area (Å²) in [6, 6.07) is 4.18. The first-order chi connectivity index (χ1) is 10.7. The van der Waals surface area contributed by atoms with Crippen LogP contribution in [0.25, 0.3) is 6.08 Å². The summed E-state index contributed by atoms with van der Waals surface area (Å²) in [6.07, 6.45) is 5.47. The lowest BCUT2D eigenvalue weighted by Gasteiger charge is -2.26. The van der Waals surface area contributed by atoms with Crippen LogP contribution in [0.3, 0.4) is 0 Å². The van der Waals surface area contributed by atoms with Crippen molar-refractivity contribution in [3.63, 3.8) is 0 Å². The molecule has 0 saturated heterocycles. The molecule has 0 amide bonds. The van der Waals surface area contributed by atoms with E-state index in [4.69, 9.17) is 5.14 Å². The van der Waals surface area contributed by atoms with Gasteiger partial charge in [0, 0.05) is 6.07 Å². The molecule has 8 heteroatoms. The highest BCUT2D eigenvalue weighted by Gasteiger charge is 2.36. The third-order valence-electron chi connectivity index (χ3n) is 4.51. The lowest BCUT2D eigenvalue weighted by molar-refractivity contribution is 0.327. The Labute approximate surface area is 136 Å². The second-order valence-electron chi connectivity index (χ2n) is 6.28. The molecular formula is C15H19NO5S2. The maximum Gasteiger partial charge on any atom is 0.380 e. The fourth-order valence-corrected chi connectivity index (χ4v) is 5.58. The number of nitrogens with two attached hydrogens (primary N) is 1. The highest BCUT2D eigenvalue weighted by atomic mass is 32.2. The Kier molecular flexibility index (Phi) is 4.02. The van der Waals surface area contributed by atoms with Gasteiger partial charge < -0.3 is 4.18 Å². The monoisotopic (exact) mass is 357 g/mol. The molecule has 2 N–H and O–H groups in total. The number of fused-ring (bicyclic) bond motifs is 1. The number of benzene rings is 1. The molecule has 2 aliphatic rings. The van der Waals surface area contributed by atoms with Crippen molar-refractivity contribution in [1.29, 1.82) is 0 Å². The van der Waals surface area contributed by atoms with Crippen molar-refractivity contribution in [1.82, 2.24) is 0 Å². The molecule has 0 spiro atoms. The average molecular weight is 357 g/mol. The number of rotatable bonds is 3. The lowest BCUT2D eigenvalue weighted by Crippen LogP contribution is -2.19. The highest BCUT2D eigenvalue weighted by Crippen LogP contribution is 2.43. The lowest BCUT2D eigenvalue weighted by atomic mass is 9.82. The van der Waals surface area contributed by atoms with Crippen LogP contribution in [-0.4, -0.2) is 16.8 Å². The maximum atomic E-state index is 12.8. The third-order valence-corrected chi connectivity index (χ3v) is 6.94. The zero-order valence-corrected chi connectivity index (χ0v) is 14.4. The second-order valence-corrected chi connectivity index (χ2v) is 9.35. The molecule has 1 aliphatic carbocycles. The molecule has 1 saturated carbocycles. The smallest absolute Gasteiger partial charge is 0.371 e. The van der Waals surface area contributed by atoms with Crippen LogP contribution >= 0.6 is 0 Å². The number of hydrogen-bond donors (Lipinski definition) is 1. The van der Waals surface area contributed by atoms with Crippen molar-refractivity contribution in [3.8, 4) is 5.75 Å². The van der Waals surface area contributed by atoms with Crippen LogP contribution in [0.1, 0.15) is 38.2 Å². The Morgan fingerprint density at radius 2 is 1.83 bits per heavy atom. The molecule has 3 rings (SSSR count). The third kappa shape index (κ3) is 3.29. The molecule has 6 nitrogen and oxygen atoms in total. The summed E-state index contributed by atoms with van der Waals surface area (Å²) in [5, 5.41) is 4.83. The predicted octanol–water partition coefficient (Wildman–Crippen LogP) is 2.22. The van der Waals surface area contributed by atoms with Gasteiger partial charge >= 0.3 is 10.3 Å². The van der Waals surface area contributed by atoms with Crippen molar-refractivity contribution in [2.24, 2.45) is 17.0 Å². The fraction of sp³-hybridized carbons (Fsp3) is 0.467. The summed E-state index contributed by atoms with van der Waals surface area (Å²) in [5.74, 6) is 0.570. The zero-order valence-electron chi connectivity index (χ0n) is 12.7. The zero-order chi connectivity index (χ0) is 16.8. The molecule has 1 aromatic rings. The molecule has 0 aromatic heterocycles. The molecule has 126 valence electrons. The maximum absolute atomic E-state index is 12.8. The Hall–Kier alpha value is -1.38. The van der Waals surface area contributed by atoms with Crippen LogP contribution < -0.4 is 9.32 Å². The summed E-state index contributed by atoms with van der Waals surface area (Å²) >= 11 is 0. The fourth-order valence-electron chi connectivity index (χ4n) is 3.29. The van der Waals surface area contributed by atoms with Gasteiger partial charge in [-0.05, 0) is 48.4 Å². The van der Waals surface area contributed by atoms with Crippen LogP contribution in [0.2, 0.25) is 0 Å². The van der Waals surface area contributed by atoms with E-state index in [2.05, 4.69) is 11.1 Å². The first-order valence-corrected chi connectivity index (χ1v) is 10.5. The highest BCUT2D eigenvalue weighted by molar-refractivity contribution is 7.95. The van der Waals surface area contributed by atoms with Gasteiger partial charge in [-0.25, -0.2) is 8.42 Å². The van der Waals surface area contributed by atoms with E-state index in [1.54, 1.807) is 12.1 Å². The van der Waals surface area contributed by atoms with Gasteiger partial charge in [0.05, 0.1) is 9.80 Å². The summed E-state index contributed by atoms with van der Waals surface area (Å²) in [5.41, 5.74) is 0.570. The Bertz CT molecular complexity index is 863. The van der Waals surface area contributed by atoms with Gasteiger partial charge in [-0.3, -0.25) is 0 Å². The van der Waals surface area contributed by atoms with Crippen LogP contribution in [0.4, 0.5) is 0 Å². The topological polar surface area (TPSA) is 104 Å². The van der Waals surface area contributed by atoms with E-state index in [1.807, 2.05) is 0 Å². The van der Waals surface area contributed by atoms with Gasteiger partial charge in [-0.1, -0.05) is 19.8 Å².